The van der Waals surface area contributed by atoms with E-state index in [1.165, 1.54) is 0 Å². The molecule has 0 fully saturated rings. The van der Waals surface area contributed by atoms with Crippen LogP contribution in [0.5, 0.6) is 5.75 Å². The second-order valence-electron chi connectivity index (χ2n) is 4.38. The summed E-state index contributed by atoms with van der Waals surface area (Å²) in [5, 5.41) is 19.5. The quantitative estimate of drug-likeness (QED) is 0.769. The fourth-order valence-corrected chi connectivity index (χ4v) is 1.94. The van der Waals surface area contributed by atoms with Crippen LogP contribution in [0.1, 0.15) is 17.2 Å². The molecular formula is C15H17NO2. The Hall–Kier alpha value is -1.84. The Kier molecular flexibility index (Phi) is 3.97. The lowest BCUT2D eigenvalue weighted by Gasteiger charge is -2.19. The second kappa shape index (κ2) is 5.67. The molecule has 2 aromatic carbocycles. The van der Waals surface area contributed by atoms with Crippen molar-refractivity contribution in [1.82, 2.24) is 0 Å². The number of rotatable bonds is 4. The SMILES string of the molecule is N[C@H](c1cccc(O)c1)[C@@H](O)Cc1ccccc1. The van der Waals surface area contributed by atoms with E-state index in [0.717, 1.165) is 11.1 Å². The Bertz CT molecular complexity index is 499. The molecule has 0 unspecified atom stereocenters. The molecule has 2 atom stereocenters. The zero-order valence-electron chi connectivity index (χ0n) is 10.0. The zero-order valence-corrected chi connectivity index (χ0v) is 10.0. The van der Waals surface area contributed by atoms with E-state index in [1.54, 1.807) is 24.3 Å². The third-order valence-electron chi connectivity index (χ3n) is 2.96. The van der Waals surface area contributed by atoms with Crippen LogP contribution in [0.15, 0.2) is 54.6 Å². The fourth-order valence-electron chi connectivity index (χ4n) is 1.94. The van der Waals surface area contributed by atoms with Crippen molar-refractivity contribution in [2.24, 2.45) is 5.73 Å². The average molecular weight is 243 g/mol. The van der Waals surface area contributed by atoms with E-state index in [0.29, 0.717) is 6.42 Å². The van der Waals surface area contributed by atoms with Crippen molar-refractivity contribution in [2.45, 2.75) is 18.6 Å². The Labute approximate surface area is 107 Å². The van der Waals surface area contributed by atoms with Gasteiger partial charge < -0.3 is 15.9 Å². The van der Waals surface area contributed by atoms with Gasteiger partial charge >= 0.3 is 0 Å². The molecule has 3 heteroatoms. The van der Waals surface area contributed by atoms with Gasteiger partial charge in [-0.1, -0.05) is 42.5 Å². The van der Waals surface area contributed by atoms with Gasteiger partial charge in [0.25, 0.3) is 0 Å². The molecule has 2 aromatic rings. The summed E-state index contributed by atoms with van der Waals surface area (Å²) in [7, 11) is 0. The van der Waals surface area contributed by atoms with E-state index >= 15 is 0 Å². The van der Waals surface area contributed by atoms with Crippen LogP contribution in [0.25, 0.3) is 0 Å². The van der Waals surface area contributed by atoms with Crippen molar-refractivity contribution in [1.29, 1.82) is 0 Å². The number of benzene rings is 2. The Morgan fingerprint density at radius 1 is 1.00 bits per heavy atom. The molecule has 0 aliphatic rings. The van der Waals surface area contributed by atoms with Crippen LogP contribution in [-0.2, 0) is 6.42 Å². The molecule has 2 rings (SSSR count). The monoisotopic (exact) mass is 243 g/mol. The van der Waals surface area contributed by atoms with Gasteiger partial charge in [-0.2, -0.15) is 0 Å². The van der Waals surface area contributed by atoms with Gasteiger partial charge in [0.15, 0.2) is 0 Å². The highest BCUT2D eigenvalue weighted by Gasteiger charge is 2.17. The molecular weight excluding hydrogens is 226 g/mol. The third-order valence-corrected chi connectivity index (χ3v) is 2.96. The number of phenolic OH excluding ortho intramolecular Hbond substituents is 1. The van der Waals surface area contributed by atoms with Crippen molar-refractivity contribution in [3.05, 3.63) is 65.7 Å². The molecule has 0 aliphatic heterocycles. The summed E-state index contributed by atoms with van der Waals surface area (Å²) in [4.78, 5) is 0. The Balaban J connectivity index is 2.07. The zero-order chi connectivity index (χ0) is 13.0. The van der Waals surface area contributed by atoms with Crippen molar-refractivity contribution in [2.75, 3.05) is 0 Å². The molecule has 0 saturated heterocycles. The van der Waals surface area contributed by atoms with Gasteiger partial charge in [0.2, 0.25) is 0 Å². The smallest absolute Gasteiger partial charge is 0.115 e. The van der Waals surface area contributed by atoms with Crippen LogP contribution < -0.4 is 5.73 Å². The number of aliphatic hydroxyl groups excluding tert-OH is 1. The molecule has 0 amide bonds. The summed E-state index contributed by atoms with van der Waals surface area (Å²) in [5.41, 5.74) is 7.77. The minimum Gasteiger partial charge on any atom is -0.508 e. The van der Waals surface area contributed by atoms with Crippen molar-refractivity contribution >= 4 is 0 Å². The molecule has 18 heavy (non-hydrogen) atoms. The summed E-state index contributed by atoms with van der Waals surface area (Å²) >= 11 is 0. The highest BCUT2D eigenvalue weighted by molar-refractivity contribution is 5.30. The summed E-state index contributed by atoms with van der Waals surface area (Å²) < 4.78 is 0. The van der Waals surface area contributed by atoms with E-state index in [9.17, 15) is 10.2 Å². The largest absolute Gasteiger partial charge is 0.508 e. The molecule has 0 aliphatic carbocycles. The average Bonchev–Trinajstić information content (AvgIpc) is 2.39. The standard InChI is InChI=1S/C15H17NO2/c16-15(12-7-4-8-13(17)10-12)14(18)9-11-5-2-1-3-6-11/h1-8,10,14-15,17-18H,9,16H2/t14-,15+/m0/s1. The Morgan fingerprint density at radius 3 is 2.39 bits per heavy atom. The van der Waals surface area contributed by atoms with E-state index < -0.39 is 12.1 Å². The number of hydrogen-bond donors (Lipinski definition) is 3. The van der Waals surface area contributed by atoms with Crippen LogP contribution >= 0.6 is 0 Å². The van der Waals surface area contributed by atoms with Crippen molar-refractivity contribution in [3.63, 3.8) is 0 Å². The van der Waals surface area contributed by atoms with E-state index in [-0.39, 0.29) is 5.75 Å². The number of aromatic hydroxyl groups is 1. The van der Waals surface area contributed by atoms with Crippen molar-refractivity contribution in [3.8, 4) is 5.75 Å². The van der Waals surface area contributed by atoms with Crippen LogP contribution in [0, 0.1) is 0 Å². The first-order chi connectivity index (χ1) is 8.66. The van der Waals surface area contributed by atoms with E-state index in [1.807, 2.05) is 30.3 Å². The van der Waals surface area contributed by atoms with Crippen LogP contribution in [0.3, 0.4) is 0 Å². The Morgan fingerprint density at radius 2 is 1.72 bits per heavy atom. The van der Waals surface area contributed by atoms with Gasteiger partial charge in [-0.25, -0.2) is 0 Å². The maximum Gasteiger partial charge on any atom is 0.115 e. The lowest BCUT2D eigenvalue weighted by atomic mass is 9.97. The summed E-state index contributed by atoms with van der Waals surface area (Å²) in [6.45, 7) is 0. The molecule has 0 radical (unpaired) electrons. The molecule has 0 heterocycles. The lowest BCUT2D eigenvalue weighted by Crippen LogP contribution is -2.28. The first-order valence-electron chi connectivity index (χ1n) is 5.93. The minimum absolute atomic E-state index is 0.162. The van der Waals surface area contributed by atoms with Crippen molar-refractivity contribution < 1.29 is 10.2 Å². The summed E-state index contributed by atoms with van der Waals surface area (Å²) in [6.07, 6.45) is -0.174. The molecule has 0 saturated carbocycles. The van der Waals surface area contributed by atoms with E-state index in [4.69, 9.17) is 5.73 Å². The first kappa shape index (κ1) is 12.6. The van der Waals surface area contributed by atoms with Crippen LogP contribution in [0.4, 0.5) is 0 Å². The maximum absolute atomic E-state index is 10.1. The normalized spacial score (nSPS) is 14.1. The summed E-state index contributed by atoms with van der Waals surface area (Å²) in [6, 6.07) is 15.9. The number of aliphatic hydroxyl groups is 1. The molecule has 0 spiro atoms. The fraction of sp³-hybridized carbons (Fsp3) is 0.200. The minimum atomic E-state index is -0.672. The topological polar surface area (TPSA) is 66.5 Å². The van der Waals surface area contributed by atoms with Gasteiger partial charge in [-0.05, 0) is 23.3 Å². The highest BCUT2D eigenvalue weighted by atomic mass is 16.3. The number of phenols is 1. The van der Waals surface area contributed by atoms with Gasteiger partial charge in [0.05, 0.1) is 12.1 Å². The predicted molar refractivity (Wildman–Crippen MR) is 71.2 cm³/mol. The van der Waals surface area contributed by atoms with Gasteiger partial charge in [-0.3, -0.25) is 0 Å². The van der Waals surface area contributed by atoms with Crippen LogP contribution in [0.2, 0.25) is 0 Å². The molecule has 0 aromatic heterocycles. The first-order valence-corrected chi connectivity index (χ1v) is 5.93. The van der Waals surface area contributed by atoms with E-state index in [2.05, 4.69) is 0 Å². The lowest BCUT2D eigenvalue weighted by molar-refractivity contribution is 0.145. The number of hydrogen-bond acceptors (Lipinski definition) is 3. The molecule has 3 nitrogen and oxygen atoms in total. The van der Waals surface area contributed by atoms with Crippen LogP contribution in [-0.4, -0.2) is 16.3 Å². The van der Waals surface area contributed by atoms with Gasteiger partial charge in [-0.15, -0.1) is 0 Å². The highest BCUT2D eigenvalue weighted by Crippen LogP contribution is 2.21. The maximum atomic E-state index is 10.1. The second-order valence-corrected chi connectivity index (χ2v) is 4.38. The molecule has 0 bridgehead atoms. The van der Waals surface area contributed by atoms with Gasteiger partial charge in [0, 0.05) is 6.42 Å². The number of nitrogens with two attached hydrogens (primary N) is 1. The predicted octanol–water partition coefficient (Wildman–Crippen LogP) is 2.00. The molecule has 94 valence electrons. The third kappa shape index (κ3) is 3.09. The van der Waals surface area contributed by atoms with Gasteiger partial charge in [0.1, 0.15) is 5.75 Å². The molecule has 4 N–H and O–H groups in total. The summed E-state index contributed by atoms with van der Waals surface area (Å²) in [5.74, 6) is 0.162.